The number of hydrogen-bond acceptors (Lipinski definition) is 4. The van der Waals surface area contributed by atoms with Crippen LogP contribution in [0.2, 0.25) is 0 Å². The highest BCUT2D eigenvalue weighted by Gasteiger charge is 2.35. The quantitative estimate of drug-likeness (QED) is 0.445. The van der Waals surface area contributed by atoms with Gasteiger partial charge in [-0.05, 0) is 44.2 Å². The Morgan fingerprint density at radius 2 is 1.65 bits per heavy atom. The van der Waals surface area contributed by atoms with E-state index >= 15 is 0 Å². The number of sulfonamides is 1. The number of aryl methyl sites for hydroxylation is 2. The second-order valence-corrected chi connectivity index (χ2v) is 10.5. The van der Waals surface area contributed by atoms with Gasteiger partial charge in [0.15, 0.2) is 0 Å². The van der Waals surface area contributed by atoms with Gasteiger partial charge in [-0.3, -0.25) is 9.10 Å². The van der Waals surface area contributed by atoms with E-state index in [4.69, 9.17) is 0 Å². The molecule has 4 rings (SSSR count). The summed E-state index contributed by atoms with van der Waals surface area (Å²) in [5, 5.41) is 2.85. The van der Waals surface area contributed by atoms with E-state index in [1.807, 2.05) is 38.1 Å². The molecule has 3 aromatic carbocycles. The largest absolute Gasteiger partial charge is 0.354 e. The van der Waals surface area contributed by atoms with Crippen molar-refractivity contribution >= 4 is 33.4 Å². The number of thioether (sulfide) groups is 1. The van der Waals surface area contributed by atoms with Crippen LogP contribution in [0.15, 0.2) is 76.5 Å². The van der Waals surface area contributed by atoms with E-state index in [0.29, 0.717) is 23.5 Å². The minimum absolute atomic E-state index is 0.232. The monoisotopic (exact) mass is 452 g/mol. The Kier molecular flexibility index (Phi) is 6.07. The van der Waals surface area contributed by atoms with Crippen LogP contribution in [0, 0.1) is 13.8 Å². The van der Waals surface area contributed by atoms with E-state index in [1.165, 1.54) is 9.87 Å². The van der Waals surface area contributed by atoms with E-state index in [9.17, 15) is 13.2 Å². The number of fused-ring (bicyclic) bond motifs is 3. The zero-order chi connectivity index (χ0) is 22.0. The molecule has 1 heterocycles. The first kappa shape index (κ1) is 21.5. The molecule has 1 aliphatic rings. The average molecular weight is 453 g/mol. The van der Waals surface area contributed by atoms with Gasteiger partial charge in [-0.25, -0.2) is 8.42 Å². The van der Waals surface area contributed by atoms with E-state index in [-0.39, 0.29) is 17.3 Å². The SMILES string of the molecule is Cc1ccc(SCCNC(=O)CN2c3ccc(C)cc3-c3ccccc3S2(=O)=O)cc1. The van der Waals surface area contributed by atoms with Crippen LogP contribution >= 0.6 is 11.8 Å². The molecule has 0 bridgehead atoms. The van der Waals surface area contributed by atoms with Crippen molar-refractivity contribution in [3.63, 3.8) is 0 Å². The molecule has 0 radical (unpaired) electrons. The Hall–Kier alpha value is -2.77. The summed E-state index contributed by atoms with van der Waals surface area (Å²) in [5.41, 5.74) is 4.27. The molecule has 0 spiro atoms. The predicted octanol–water partition coefficient (Wildman–Crippen LogP) is 4.39. The molecular weight excluding hydrogens is 428 g/mol. The third kappa shape index (κ3) is 4.48. The van der Waals surface area contributed by atoms with Crippen molar-refractivity contribution in [3.05, 3.63) is 77.9 Å². The lowest BCUT2D eigenvalue weighted by Crippen LogP contribution is -2.43. The van der Waals surface area contributed by atoms with Gasteiger partial charge in [0, 0.05) is 28.3 Å². The van der Waals surface area contributed by atoms with Crippen LogP contribution in [-0.4, -0.2) is 33.2 Å². The summed E-state index contributed by atoms with van der Waals surface area (Å²) < 4.78 is 27.8. The lowest BCUT2D eigenvalue weighted by atomic mass is 10.0. The van der Waals surface area contributed by atoms with Crippen LogP contribution in [0.1, 0.15) is 11.1 Å². The molecule has 5 nitrogen and oxygen atoms in total. The van der Waals surface area contributed by atoms with Gasteiger partial charge in [-0.1, -0.05) is 47.5 Å². The van der Waals surface area contributed by atoms with E-state index in [0.717, 1.165) is 16.0 Å². The standard InChI is InChI=1S/C24H24N2O3S2/c1-17-7-10-19(11-8-17)30-14-13-25-24(27)16-26-22-12-9-18(2)15-21(22)20-5-3-4-6-23(20)31(26,28)29/h3-12,15H,13-14,16H2,1-2H3,(H,25,27). The number of hydrogen-bond donors (Lipinski definition) is 1. The van der Waals surface area contributed by atoms with Gasteiger partial charge in [0.1, 0.15) is 6.54 Å². The Morgan fingerprint density at radius 3 is 2.42 bits per heavy atom. The summed E-state index contributed by atoms with van der Waals surface area (Å²) in [6.45, 7) is 4.22. The minimum atomic E-state index is -3.81. The highest BCUT2D eigenvalue weighted by molar-refractivity contribution is 7.99. The van der Waals surface area contributed by atoms with Crippen LogP contribution in [0.25, 0.3) is 11.1 Å². The lowest BCUT2D eigenvalue weighted by Gasteiger charge is -2.31. The first-order valence-electron chi connectivity index (χ1n) is 10.1. The number of carbonyl (C=O) groups excluding carboxylic acids is 1. The van der Waals surface area contributed by atoms with Gasteiger partial charge >= 0.3 is 0 Å². The van der Waals surface area contributed by atoms with Crippen molar-refractivity contribution in [2.45, 2.75) is 23.6 Å². The number of benzene rings is 3. The molecule has 0 aromatic heterocycles. The number of carbonyl (C=O) groups is 1. The number of rotatable bonds is 6. The average Bonchev–Trinajstić information content (AvgIpc) is 2.76. The van der Waals surface area contributed by atoms with Crippen LogP contribution in [0.4, 0.5) is 5.69 Å². The van der Waals surface area contributed by atoms with E-state index in [1.54, 1.807) is 30.0 Å². The van der Waals surface area contributed by atoms with Crippen molar-refractivity contribution in [2.75, 3.05) is 23.1 Å². The molecule has 0 saturated heterocycles. The summed E-state index contributed by atoms with van der Waals surface area (Å²) in [4.78, 5) is 14.0. The van der Waals surface area contributed by atoms with Gasteiger partial charge < -0.3 is 5.32 Å². The molecule has 0 aliphatic carbocycles. The number of anilines is 1. The van der Waals surface area contributed by atoms with Crippen molar-refractivity contribution in [2.24, 2.45) is 0 Å². The highest BCUT2D eigenvalue weighted by atomic mass is 32.2. The Bertz CT molecular complexity index is 1220. The summed E-state index contributed by atoms with van der Waals surface area (Å²) in [6, 6.07) is 20.8. The summed E-state index contributed by atoms with van der Waals surface area (Å²) >= 11 is 1.65. The fourth-order valence-corrected chi connectivity index (χ4v) is 6.01. The maximum atomic E-state index is 13.3. The third-order valence-corrected chi connectivity index (χ3v) is 8.00. The van der Waals surface area contributed by atoms with Gasteiger partial charge in [0.25, 0.3) is 10.0 Å². The van der Waals surface area contributed by atoms with Crippen molar-refractivity contribution in [3.8, 4) is 11.1 Å². The van der Waals surface area contributed by atoms with Gasteiger partial charge in [-0.15, -0.1) is 11.8 Å². The van der Waals surface area contributed by atoms with Gasteiger partial charge in [-0.2, -0.15) is 0 Å². The minimum Gasteiger partial charge on any atom is -0.354 e. The molecule has 3 aromatic rings. The Labute approximate surface area is 187 Å². The zero-order valence-corrected chi connectivity index (χ0v) is 19.1. The molecule has 0 unspecified atom stereocenters. The molecule has 0 saturated carbocycles. The highest BCUT2D eigenvalue weighted by Crippen LogP contribution is 2.43. The molecule has 7 heteroatoms. The van der Waals surface area contributed by atoms with Crippen LogP contribution in [-0.2, 0) is 14.8 Å². The van der Waals surface area contributed by atoms with Gasteiger partial charge in [0.05, 0.1) is 10.6 Å². The van der Waals surface area contributed by atoms with Gasteiger partial charge in [0.2, 0.25) is 5.91 Å². The van der Waals surface area contributed by atoms with Crippen molar-refractivity contribution in [1.82, 2.24) is 5.32 Å². The fraction of sp³-hybridized carbons (Fsp3) is 0.208. The molecule has 0 fully saturated rings. The second kappa shape index (κ2) is 8.77. The fourth-order valence-electron chi connectivity index (χ4n) is 3.60. The van der Waals surface area contributed by atoms with Crippen LogP contribution in [0.5, 0.6) is 0 Å². The summed E-state index contributed by atoms with van der Waals surface area (Å²) in [5.74, 6) is 0.388. The Morgan fingerprint density at radius 1 is 0.935 bits per heavy atom. The molecule has 1 amide bonds. The summed E-state index contributed by atoms with van der Waals surface area (Å²) in [6.07, 6.45) is 0. The number of amides is 1. The predicted molar refractivity (Wildman–Crippen MR) is 126 cm³/mol. The Balaban J connectivity index is 1.47. The molecular formula is C24H24N2O3S2. The zero-order valence-electron chi connectivity index (χ0n) is 17.5. The summed E-state index contributed by atoms with van der Waals surface area (Å²) in [7, 11) is -3.81. The molecule has 160 valence electrons. The lowest BCUT2D eigenvalue weighted by molar-refractivity contribution is -0.119. The molecule has 31 heavy (non-hydrogen) atoms. The maximum absolute atomic E-state index is 13.3. The van der Waals surface area contributed by atoms with E-state index in [2.05, 4.69) is 29.6 Å². The number of nitrogens with one attached hydrogen (secondary N) is 1. The van der Waals surface area contributed by atoms with Crippen LogP contribution in [0.3, 0.4) is 0 Å². The molecule has 1 aliphatic heterocycles. The van der Waals surface area contributed by atoms with Crippen molar-refractivity contribution < 1.29 is 13.2 Å². The smallest absolute Gasteiger partial charge is 0.265 e. The van der Waals surface area contributed by atoms with E-state index < -0.39 is 10.0 Å². The first-order valence-corrected chi connectivity index (χ1v) is 12.5. The van der Waals surface area contributed by atoms with Crippen molar-refractivity contribution in [1.29, 1.82) is 0 Å². The van der Waals surface area contributed by atoms with Crippen LogP contribution < -0.4 is 9.62 Å². The molecule has 1 N–H and O–H groups in total. The maximum Gasteiger partial charge on any atom is 0.265 e. The molecule has 0 atom stereocenters. The number of nitrogens with zero attached hydrogens (tertiary/aromatic N) is 1. The topological polar surface area (TPSA) is 66.5 Å². The normalized spacial score (nSPS) is 13.9. The third-order valence-electron chi connectivity index (χ3n) is 5.17. The first-order chi connectivity index (χ1) is 14.9. The second-order valence-electron chi connectivity index (χ2n) is 7.54.